The van der Waals surface area contributed by atoms with Crippen LogP contribution >= 0.6 is 23.2 Å². The summed E-state index contributed by atoms with van der Waals surface area (Å²) in [6, 6.07) is 1.09. The maximum absolute atomic E-state index is 13.0. The van der Waals surface area contributed by atoms with Crippen LogP contribution in [0, 0.1) is 5.82 Å². The van der Waals surface area contributed by atoms with Gasteiger partial charge in [-0.3, -0.25) is 0 Å². The Morgan fingerprint density at radius 1 is 1.56 bits per heavy atom. The Kier molecular flexibility index (Phi) is 4.71. The van der Waals surface area contributed by atoms with E-state index < -0.39 is 11.8 Å². The Morgan fingerprint density at radius 2 is 2.25 bits per heavy atom. The van der Waals surface area contributed by atoms with E-state index in [0.717, 1.165) is 12.1 Å². The van der Waals surface area contributed by atoms with Crippen molar-refractivity contribution in [2.75, 3.05) is 6.61 Å². The Morgan fingerprint density at radius 3 is 2.88 bits per heavy atom. The van der Waals surface area contributed by atoms with Crippen molar-refractivity contribution in [3.63, 3.8) is 0 Å². The first-order valence-corrected chi connectivity index (χ1v) is 5.16. The number of carbonyl (C=O) groups is 1. The van der Waals surface area contributed by atoms with Gasteiger partial charge >= 0.3 is 5.97 Å². The van der Waals surface area contributed by atoms with Crippen molar-refractivity contribution >= 4 is 35.2 Å². The molecule has 0 amide bonds. The first kappa shape index (κ1) is 12.9. The number of hydrogen-bond acceptors (Lipinski definition) is 3. The number of halogens is 3. The van der Waals surface area contributed by atoms with E-state index >= 15 is 0 Å². The van der Waals surface area contributed by atoms with E-state index in [1.165, 1.54) is 6.08 Å². The molecular formula is C10H8Cl2FNO2. The van der Waals surface area contributed by atoms with Crippen LogP contribution in [0.25, 0.3) is 6.08 Å². The van der Waals surface area contributed by atoms with Crippen LogP contribution in [0.15, 0.2) is 12.1 Å². The molecule has 1 aromatic rings. The summed E-state index contributed by atoms with van der Waals surface area (Å²) < 4.78 is 17.7. The van der Waals surface area contributed by atoms with Crippen LogP contribution in [-0.4, -0.2) is 17.6 Å². The van der Waals surface area contributed by atoms with Gasteiger partial charge in [-0.1, -0.05) is 23.2 Å². The second-order valence-electron chi connectivity index (χ2n) is 2.73. The topological polar surface area (TPSA) is 39.2 Å². The van der Waals surface area contributed by atoms with Crippen molar-refractivity contribution < 1.29 is 13.9 Å². The molecule has 6 heteroatoms. The van der Waals surface area contributed by atoms with Crippen LogP contribution in [0.4, 0.5) is 4.39 Å². The van der Waals surface area contributed by atoms with Gasteiger partial charge in [-0.05, 0) is 19.1 Å². The summed E-state index contributed by atoms with van der Waals surface area (Å²) in [6.07, 6.45) is 2.45. The third kappa shape index (κ3) is 3.47. The van der Waals surface area contributed by atoms with E-state index in [9.17, 15) is 9.18 Å². The first-order chi connectivity index (χ1) is 7.54. The summed E-state index contributed by atoms with van der Waals surface area (Å²) in [7, 11) is 0. The van der Waals surface area contributed by atoms with Crippen molar-refractivity contribution in [2.45, 2.75) is 6.92 Å². The summed E-state index contributed by atoms with van der Waals surface area (Å²) in [6.45, 7) is 1.95. The van der Waals surface area contributed by atoms with Crippen molar-refractivity contribution in [2.24, 2.45) is 0 Å². The van der Waals surface area contributed by atoms with Gasteiger partial charge in [-0.25, -0.2) is 14.2 Å². The minimum atomic E-state index is -0.699. The van der Waals surface area contributed by atoms with Crippen molar-refractivity contribution in [3.05, 3.63) is 33.8 Å². The zero-order valence-electron chi connectivity index (χ0n) is 8.34. The summed E-state index contributed by atoms with van der Waals surface area (Å²) in [5.41, 5.74) is 0.261. The SMILES string of the molecule is CCOC(=O)C=Cc1cc(F)c(Cl)nc1Cl. The Hall–Kier alpha value is -1.13. The molecule has 1 heterocycles. The van der Waals surface area contributed by atoms with E-state index in [2.05, 4.69) is 9.72 Å². The molecule has 0 spiro atoms. The zero-order chi connectivity index (χ0) is 12.1. The molecular weight excluding hydrogens is 256 g/mol. The van der Waals surface area contributed by atoms with Crippen molar-refractivity contribution in [1.29, 1.82) is 0 Å². The molecule has 0 atom stereocenters. The van der Waals surface area contributed by atoms with Gasteiger partial charge in [-0.2, -0.15) is 0 Å². The lowest BCUT2D eigenvalue weighted by atomic mass is 10.2. The molecule has 0 aliphatic heterocycles. The minimum Gasteiger partial charge on any atom is -0.463 e. The van der Waals surface area contributed by atoms with E-state index in [4.69, 9.17) is 23.2 Å². The third-order valence-corrected chi connectivity index (χ3v) is 2.17. The molecule has 3 nitrogen and oxygen atoms in total. The highest BCUT2D eigenvalue weighted by atomic mass is 35.5. The highest BCUT2D eigenvalue weighted by molar-refractivity contribution is 6.33. The summed E-state index contributed by atoms with van der Waals surface area (Å²) in [5, 5.41) is -0.287. The van der Waals surface area contributed by atoms with Gasteiger partial charge in [-0.15, -0.1) is 0 Å². The molecule has 0 unspecified atom stereocenters. The standard InChI is InChI=1S/C10H8Cl2FNO2/c1-2-16-8(15)4-3-6-5-7(13)10(12)14-9(6)11/h3-5H,2H2,1H3. The normalized spacial score (nSPS) is 10.8. The van der Waals surface area contributed by atoms with E-state index in [0.29, 0.717) is 0 Å². The second-order valence-corrected chi connectivity index (χ2v) is 3.44. The third-order valence-electron chi connectivity index (χ3n) is 1.60. The Balaban J connectivity index is 2.89. The largest absolute Gasteiger partial charge is 0.463 e. The van der Waals surface area contributed by atoms with Crippen molar-refractivity contribution in [3.8, 4) is 0 Å². The number of rotatable bonds is 3. The molecule has 0 bridgehead atoms. The molecule has 1 rings (SSSR count). The predicted octanol–water partition coefficient (Wildman–Crippen LogP) is 3.10. The van der Waals surface area contributed by atoms with Crippen LogP contribution in [0.5, 0.6) is 0 Å². The highest BCUT2D eigenvalue weighted by Gasteiger charge is 2.06. The van der Waals surface area contributed by atoms with Crippen LogP contribution in [0.1, 0.15) is 12.5 Å². The van der Waals surface area contributed by atoms with Gasteiger partial charge in [0.1, 0.15) is 5.15 Å². The summed E-state index contributed by atoms with van der Waals surface area (Å²) in [4.78, 5) is 14.5. The number of nitrogens with zero attached hydrogens (tertiary/aromatic N) is 1. The highest BCUT2D eigenvalue weighted by Crippen LogP contribution is 2.21. The molecule has 0 fully saturated rings. The first-order valence-electron chi connectivity index (χ1n) is 4.41. The van der Waals surface area contributed by atoms with E-state index in [1.807, 2.05) is 0 Å². The number of esters is 1. The van der Waals surface area contributed by atoms with Crippen LogP contribution in [0.2, 0.25) is 10.3 Å². The quantitative estimate of drug-likeness (QED) is 0.478. The number of aromatic nitrogens is 1. The molecule has 0 aliphatic rings. The summed E-state index contributed by atoms with van der Waals surface area (Å²) >= 11 is 11.1. The van der Waals surface area contributed by atoms with Crippen LogP contribution in [-0.2, 0) is 9.53 Å². The molecule has 1 aromatic heterocycles. The molecule has 0 saturated carbocycles. The lowest BCUT2D eigenvalue weighted by molar-refractivity contribution is -0.137. The average molecular weight is 264 g/mol. The van der Waals surface area contributed by atoms with Gasteiger partial charge < -0.3 is 4.74 Å². The Labute approximate surface area is 102 Å². The lowest BCUT2D eigenvalue weighted by Gasteiger charge is -1.99. The number of pyridine rings is 1. The molecule has 0 N–H and O–H groups in total. The maximum Gasteiger partial charge on any atom is 0.330 e. The zero-order valence-corrected chi connectivity index (χ0v) is 9.85. The molecule has 16 heavy (non-hydrogen) atoms. The van der Waals surface area contributed by atoms with Gasteiger partial charge in [0.05, 0.1) is 6.61 Å². The second kappa shape index (κ2) is 5.82. The predicted molar refractivity (Wildman–Crippen MR) is 59.9 cm³/mol. The molecule has 86 valence electrons. The summed E-state index contributed by atoms with van der Waals surface area (Å²) in [5.74, 6) is -1.23. The van der Waals surface area contributed by atoms with Gasteiger partial charge in [0.25, 0.3) is 0 Å². The molecule has 0 aromatic carbocycles. The smallest absolute Gasteiger partial charge is 0.330 e. The number of hydrogen-bond donors (Lipinski definition) is 0. The van der Waals surface area contributed by atoms with Crippen LogP contribution < -0.4 is 0 Å². The van der Waals surface area contributed by atoms with Gasteiger partial charge in [0.15, 0.2) is 11.0 Å². The fourth-order valence-corrected chi connectivity index (χ4v) is 1.31. The van der Waals surface area contributed by atoms with Crippen LogP contribution in [0.3, 0.4) is 0 Å². The Bertz CT molecular complexity index is 435. The fourth-order valence-electron chi connectivity index (χ4n) is 0.925. The van der Waals surface area contributed by atoms with Gasteiger partial charge in [0.2, 0.25) is 0 Å². The van der Waals surface area contributed by atoms with Crippen molar-refractivity contribution in [1.82, 2.24) is 4.98 Å². The van der Waals surface area contributed by atoms with E-state index in [1.54, 1.807) is 6.92 Å². The van der Waals surface area contributed by atoms with E-state index in [-0.39, 0.29) is 22.5 Å². The maximum atomic E-state index is 13.0. The number of carbonyl (C=O) groups excluding carboxylic acids is 1. The fraction of sp³-hybridized carbons (Fsp3) is 0.200. The molecule has 0 radical (unpaired) electrons. The number of ether oxygens (including phenoxy) is 1. The monoisotopic (exact) mass is 263 g/mol. The molecule has 0 aliphatic carbocycles. The lowest BCUT2D eigenvalue weighted by Crippen LogP contribution is -1.98. The minimum absolute atomic E-state index is 0.0203. The van der Waals surface area contributed by atoms with Gasteiger partial charge in [0, 0.05) is 11.6 Å². The average Bonchev–Trinajstić information content (AvgIpc) is 2.22. The molecule has 0 saturated heterocycles.